The number of Topliss-reactive ketones (excluding diaryl/α,β-unsaturated/α-hetero) is 1. The highest BCUT2D eigenvalue weighted by Gasteiger charge is 2.03. The highest BCUT2D eigenvalue weighted by Crippen LogP contribution is 2.11. The summed E-state index contributed by atoms with van der Waals surface area (Å²) in [5.74, 6) is 0.0799. The van der Waals surface area contributed by atoms with E-state index in [1.165, 1.54) is 0 Å². The van der Waals surface area contributed by atoms with Gasteiger partial charge in [0, 0.05) is 18.7 Å². The van der Waals surface area contributed by atoms with Crippen LogP contribution in [0.2, 0.25) is 0 Å². The van der Waals surface area contributed by atoms with Crippen LogP contribution in [0, 0.1) is 0 Å². The van der Waals surface area contributed by atoms with Crippen LogP contribution in [0.4, 0.5) is 5.69 Å². The normalized spacial score (nSPS) is 10.8. The summed E-state index contributed by atoms with van der Waals surface area (Å²) < 4.78 is 10.9. The van der Waals surface area contributed by atoms with Gasteiger partial charge in [0.25, 0.3) is 0 Å². The first-order valence-corrected chi connectivity index (χ1v) is 8.05. The monoisotopic (exact) mass is 321 g/mol. The summed E-state index contributed by atoms with van der Waals surface area (Å²) in [5.41, 5.74) is 1.84. The summed E-state index contributed by atoms with van der Waals surface area (Å²) in [6, 6.07) is 7.61. The molecule has 0 bridgehead atoms. The zero-order valence-electron chi connectivity index (χ0n) is 14.3. The lowest BCUT2D eigenvalue weighted by molar-refractivity contribution is -0.118. The van der Waals surface area contributed by atoms with E-state index < -0.39 is 0 Å². The van der Waals surface area contributed by atoms with Gasteiger partial charge in [-0.3, -0.25) is 4.79 Å². The third kappa shape index (κ3) is 9.81. The molecule has 0 radical (unpaired) electrons. The molecule has 0 unspecified atom stereocenters. The number of hydrogen-bond donors (Lipinski definition) is 1. The van der Waals surface area contributed by atoms with Crippen LogP contribution in [0.1, 0.15) is 45.6 Å². The summed E-state index contributed by atoms with van der Waals surface area (Å²) in [4.78, 5) is 22.5. The lowest BCUT2D eigenvalue weighted by Gasteiger charge is -2.09. The van der Waals surface area contributed by atoms with Crippen molar-refractivity contribution in [1.29, 1.82) is 0 Å². The second-order valence-corrected chi connectivity index (χ2v) is 5.77. The first-order valence-electron chi connectivity index (χ1n) is 8.05. The fourth-order valence-corrected chi connectivity index (χ4v) is 1.86. The minimum absolute atomic E-state index is 0.0808. The van der Waals surface area contributed by atoms with Crippen molar-refractivity contribution in [3.63, 3.8) is 0 Å². The Hall–Kier alpha value is -1.72. The number of amides is 1. The number of rotatable bonds is 11. The molecule has 0 saturated heterocycles. The number of carbonyl (C=O) groups is 2. The van der Waals surface area contributed by atoms with Crippen LogP contribution in [-0.2, 0) is 25.7 Å². The molecule has 0 atom stereocenters. The van der Waals surface area contributed by atoms with Gasteiger partial charge in [0.15, 0.2) is 0 Å². The molecule has 23 heavy (non-hydrogen) atoms. The maximum Gasteiger partial charge on any atom is 0.226 e. The smallest absolute Gasteiger partial charge is 0.226 e. The van der Waals surface area contributed by atoms with Crippen LogP contribution >= 0.6 is 0 Å². The van der Waals surface area contributed by atoms with Crippen LogP contribution < -0.4 is 5.32 Å². The molecule has 1 amide bonds. The molecule has 0 spiro atoms. The number of hydrogen-bond acceptors (Lipinski definition) is 4. The lowest BCUT2D eigenvalue weighted by Crippen LogP contribution is -2.14. The Morgan fingerprint density at radius 2 is 1.78 bits per heavy atom. The Morgan fingerprint density at radius 1 is 1.09 bits per heavy atom. The van der Waals surface area contributed by atoms with Gasteiger partial charge in [-0.25, -0.2) is 0 Å². The van der Waals surface area contributed by atoms with Gasteiger partial charge in [-0.1, -0.05) is 12.1 Å². The second-order valence-electron chi connectivity index (χ2n) is 5.77. The van der Waals surface area contributed by atoms with Crippen molar-refractivity contribution >= 4 is 17.4 Å². The van der Waals surface area contributed by atoms with E-state index in [9.17, 15) is 9.59 Å². The van der Waals surface area contributed by atoms with E-state index in [-0.39, 0.29) is 17.8 Å². The molecule has 5 heteroatoms. The minimum atomic E-state index is -0.0808. The lowest BCUT2D eigenvalue weighted by atomic mass is 10.2. The summed E-state index contributed by atoms with van der Waals surface area (Å²) in [6.07, 6.45) is 1.73. The molecule has 5 nitrogen and oxygen atoms in total. The van der Waals surface area contributed by atoms with Crippen molar-refractivity contribution in [2.75, 3.05) is 18.5 Å². The molecule has 1 aromatic rings. The van der Waals surface area contributed by atoms with Crippen molar-refractivity contribution < 1.29 is 19.1 Å². The quantitative estimate of drug-likeness (QED) is 0.635. The predicted octanol–water partition coefficient (Wildman–Crippen LogP) is 3.33. The Bertz CT molecular complexity index is 482. The van der Waals surface area contributed by atoms with Crippen LogP contribution in [0.15, 0.2) is 24.3 Å². The average molecular weight is 321 g/mol. The standard InChI is InChI=1S/C18H27NO4/c1-14(2)23-13-16-6-8-17(9-7-16)19-18(21)10-12-22-11-4-5-15(3)20/h6-9,14H,4-5,10-13H2,1-3H3,(H,19,21). The highest BCUT2D eigenvalue weighted by molar-refractivity contribution is 5.90. The number of anilines is 1. The molecule has 0 fully saturated rings. The molecule has 1 aromatic carbocycles. The van der Waals surface area contributed by atoms with E-state index in [0.717, 1.165) is 11.3 Å². The third-order valence-corrected chi connectivity index (χ3v) is 3.11. The SMILES string of the molecule is CC(=O)CCCOCCC(=O)Nc1ccc(COC(C)C)cc1. The summed E-state index contributed by atoms with van der Waals surface area (Å²) >= 11 is 0. The summed E-state index contributed by atoms with van der Waals surface area (Å²) in [5, 5.41) is 2.83. The van der Waals surface area contributed by atoms with Crippen LogP contribution in [0.3, 0.4) is 0 Å². The number of ether oxygens (including phenoxy) is 2. The first-order chi connectivity index (χ1) is 11.0. The zero-order chi connectivity index (χ0) is 17.1. The van der Waals surface area contributed by atoms with Crippen molar-refractivity contribution in [2.24, 2.45) is 0 Å². The third-order valence-electron chi connectivity index (χ3n) is 3.11. The van der Waals surface area contributed by atoms with Gasteiger partial charge in [-0.2, -0.15) is 0 Å². The molecule has 0 aliphatic rings. The fourth-order valence-electron chi connectivity index (χ4n) is 1.86. The summed E-state index contributed by atoms with van der Waals surface area (Å²) in [6.45, 7) is 7.00. The second kappa shape index (κ2) is 10.9. The number of nitrogens with one attached hydrogen (secondary N) is 1. The van der Waals surface area contributed by atoms with E-state index in [0.29, 0.717) is 39.1 Å². The van der Waals surface area contributed by atoms with Gasteiger partial charge in [0.1, 0.15) is 5.78 Å². The number of carbonyl (C=O) groups excluding carboxylic acids is 2. The Balaban J connectivity index is 2.20. The van der Waals surface area contributed by atoms with E-state index in [1.54, 1.807) is 6.92 Å². The predicted molar refractivity (Wildman–Crippen MR) is 90.3 cm³/mol. The molecule has 0 aromatic heterocycles. The zero-order valence-corrected chi connectivity index (χ0v) is 14.3. The molecule has 1 N–H and O–H groups in total. The van der Waals surface area contributed by atoms with Gasteiger partial charge in [0.05, 0.1) is 25.7 Å². The van der Waals surface area contributed by atoms with Gasteiger partial charge < -0.3 is 19.6 Å². The van der Waals surface area contributed by atoms with Crippen LogP contribution in [0.25, 0.3) is 0 Å². The van der Waals surface area contributed by atoms with Crippen molar-refractivity contribution in [3.8, 4) is 0 Å². The number of ketones is 1. The molecule has 0 heterocycles. The molecule has 128 valence electrons. The van der Waals surface area contributed by atoms with Gasteiger partial charge in [0.2, 0.25) is 5.91 Å². The van der Waals surface area contributed by atoms with Gasteiger partial charge >= 0.3 is 0 Å². The highest BCUT2D eigenvalue weighted by atomic mass is 16.5. The van der Waals surface area contributed by atoms with Crippen LogP contribution in [0.5, 0.6) is 0 Å². The Labute approximate surface area is 138 Å². The van der Waals surface area contributed by atoms with E-state index in [1.807, 2.05) is 38.1 Å². The molecule has 0 aliphatic heterocycles. The maximum atomic E-state index is 11.8. The molecular weight excluding hydrogens is 294 g/mol. The van der Waals surface area contributed by atoms with Crippen molar-refractivity contribution in [2.45, 2.75) is 52.7 Å². The maximum absolute atomic E-state index is 11.8. The molecular formula is C18H27NO4. The van der Waals surface area contributed by atoms with E-state index in [2.05, 4.69) is 5.32 Å². The summed E-state index contributed by atoms with van der Waals surface area (Å²) in [7, 11) is 0. The van der Waals surface area contributed by atoms with Gasteiger partial charge in [-0.15, -0.1) is 0 Å². The molecule has 0 saturated carbocycles. The van der Waals surface area contributed by atoms with E-state index >= 15 is 0 Å². The largest absolute Gasteiger partial charge is 0.381 e. The average Bonchev–Trinajstić information content (AvgIpc) is 2.49. The van der Waals surface area contributed by atoms with Crippen molar-refractivity contribution in [3.05, 3.63) is 29.8 Å². The van der Waals surface area contributed by atoms with Gasteiger partial charge in [-0.05, 0) is 44.9 Å². The topological polar surface area (TPSA) is 64.6 Å². The van der Waals surface area contributed by atoms with E-state index in [4.69, 9.17) is 9.47 Å². The minimum Gasteiger partial charge on any atom is -0.381 e. The Morgan fingerprint density at radius 3 is 2.39 bits per heavy atom. The Kier molecular flexibility index (Phi) is 9.17. The molecule has 0 aliphatic carbocycles. The first kappa shape index (κ1) is 19.3. The number of benzene rings is 1. The van der Waals surface area contributed by atoms with Crippen LogP contribution in [-0.4, -0.2) is 31.0 Å². The van der Waals surface area contributed by atoms with Crippen molar-refractivity contribution in [1.82, 2.24) is 0 Å². The molecule has 1 rings (SSSR count). The fraction of sp³-hybridized carbons (Fsp3) is 0.556.